The lowest BCUT2D eigenvalue weighted by Crippen LogP contribution is -2.49. The normalized spacial score (nSPS) is 19.5. The first kappa shape index (κ1) is 39.0. The fourth-order valence-corrected chi connectivity index (χ4v) is 4.82. The van der Waals surface area contributed by atoms with Gasteiger partial charge in [-0.2, -0.15) is 0 Å². The van der Waals surface area contributed by atoms with Crippen molar-refractivity contribution in [3.8, 4) is 0 Å². The molecule has 0 aliphatic heterocycles. The molecule has 0 saturated carbocycles. The summed E-state index contributed by atoms with van der Waals surface area (Å²) in [7, 11) is 1.64. The summed E-state index contributed by atoms with van der Waals surface area (Å²) >= 11 is 5.80. The van der Waals surface area contributed by atoms with Crippen LogP contribution in [0.3, 0.4) is 0 Å². The highest BCUT2D eigenvalue weighted by Crippen LogP contribution is 2.25. The molecule has 1 aliphatic rings. The van der Waals surface area contributed by atoms with Gasteiger partial charge in [0.25, 0.3) is 0 Å². The molecule has 0 bridgehead atoms. The number of nitrogens with one attached hydrogen (secondary N) is 1. The highest BCUT2D eigenvalue weighted by atomic mass is 35.5. The molecule has 1 aliphatic carbocycles. The molecule has 1 amide bonds. The number of nitrogens with zero attached hydrogens (tertiary/aromatic N) is 2. The third-order valence-corrected chi connectivity index (χ3v) is 7.57. The van der Waals surface area contributed by atoms with Crippen LogP contribution < -0.4 is 5.32 Å². The van der Waals surface area contributed by atoms with Crippen LogP contribution in [0.5, 0.6) is 0 Å². The maximum Gasteiger partial charge on any atom is 0.303 e. The number of carbonyl (C=O) groups excluding carboxylic acids is 1. The summed E-state index contributed by atoms with van der Waals surface area (Å²) in [6.07, 6.45) is 19.2. The maximum absolute atomic E-state index is 13.7. The Morgan fingerprint density at radius 2 is 1.93 bits per heavy atom. The van der Waals surface area contributed by atoms with Crippen molar-refractivity contribution in [2.75, 3.05) is 13.0 Å². The Balaban J connectivity index is 3.43. The fourth-order valence-electron chi connectivity index (χ4n) is 4.74. The number of carbonyl (C=O) groups is 2. The molecule has 0 heterocycles. The van der Waals surface area contributed by atoms with Crippen LogP contribution in [0.25, 0.3) is 0 Å². The van der Waals surface area contributed by atoms with E-state index in [2.05, 4.69) is 18.0 Å². The molecule has 0 radical (unpaired) electrons. The number of allylic oxidation sites excluding steroid dienone is 7. The largest absolute Gasteiger partial charge is 0.481 e. The molecular weight excluding hydrogens is 578 g/mol. The quantitative estimate of drug-likeness (QED) is 0.0373. The van der Waals surface area contributed by atoms with E-state index in [9.17, 15) is 14.7 Å². The van der Waals surface area contributed by atoms with E-state index in [1.165, 1.54) is 0 Å². The second kappa shape index (κ2) is 21.6. The van der Waals surface area contributed by atoms with Crippen molar-refractivity contribution in [1.82, 2.24) is 5.32 Å². The third kappa shape index (κ3) is 14.1. The van der Waals surface area contributed by atoms with Crippen LogP contribution in [0.1, 0.15) is 73.1 Å². The lowest BCUT2D eigenvalue weighted by atomic mass is 9.89. The van der Waals surface area contributed by atoms with Crippen molar-refractivity contribution in [3.63, 3.8) is 0 Å². The Morgan fingerprint density at radius 1 is 1.23 bits per heavy atom. The number of amides is 1. The van der Waals surface area contributed by atoms with Gasteiger partial charge in [0.05, 0.1) is 30.3 Å². The minimum Gasteiger partial charge on any atom is -0.481 e. The van der Waals surface area contributed by atoms with E-state index in [0.29, 0.717) is 30.7 Å². The first-order valence-electron chi connectivity index (χ1n) is 15.3. The molecule has 0 saturated heterocycles. The van der Waals surface area contributed by atoms with Gasteiger partial charge in [0.1, 0.15) is 0 Å². The number of alkyl halides is 1. The highest BCUT2D eigenvalue weighted by molar-refractivity contribution is 6.19. The molecule has 3 N–H and O–H groups in total. The van der Waals surface area contributed by atoms with Gasteiger partial charge in [0, 0.05) is 36.9 Å². The summed E-state index contributed by atoms with van der Waals surface area (Å²) in [5.41, 5.74) is 2.94. The number of unbranched alkanes of at least 4 members (excludes halogenated alkanes) is 1. The second-order valence-corrected chi connectivity index (χ2v) is 11.5. The van der Waals surface area contributed by atoms with Gasteiger partial charge in [-0.1, -0.05) is 56.4 Å². The molecule has 5 atom stereocenters. The Hall–Kier alpha value is -3.07. The average Bonchev–Trinajstić information content (AvgIpc) is 3.24. The number of rotatable bonds is 19. The molecule has 0 spiro atoms. The van der Waals surface area contributed by atoms with Crippen molar-refractivity contribution >= 4 is 35.4 Å². The molecule has 0 fully saturated rings. The van der Waals surface area contributed by atoms with Crippen LogP contribution in [0.4, 0.5) is 0 Å². The molecular formula is C35H52ClN3O5. The van der Waals surface area contributed by atoms with E-state index in [4.69, 9.17) is 31.4 Å². The lowest BCUT2D eigenvalue weighted by molar-refractivity contribution is -0.137. The number of carboxylic acid groups (broad SMARTS) is 1. The average molecular weight is 630 g/mol. The Bertz CT molecular complexity index is 1150. The first-order valence-corrected chi connectivity index (χ1v) is 15.9. The summed E-state index contributed by atoms with van der Waals surface area (Å²) in [5, 5.41) is 23.2. The Morgan fingerprint density at radius 3 is 2.52 bits per heavy atom. The van der Waals surface area contributed by atoms with Crippen LogP contribution in [0.2, 0.25) is 0 Å². The summed E-state index contributed by atoms with van der Waals surface area (Å²) in [4.78, 5) is 34.2. The first-order chi connectivity index (χ1) is 21.0. The van der Waals surface area contributed by atoms with Crippen molar-refractivity contribution in [2.45, 2.75) is 103 Å². The molecule has 8 nitrogen and oxygen atoms in total. The van der Waals surface area contributed by atoms with Gasteiger partial charge in [0.2, 0.25) is 5.91 Å². The van der Waals surface area contributed by atoms with E-state index in [1.54, 1.807) is 32.4 Å². The summed E-state index contributed by atoms with van der Waals surface area (Å²) in [5.74, 6) is -0.876. The number of aliphatic carboxylic acids is 1. The Kier molecular flexibility index (Phi) is 19.1. The molecule has 244 valence electrons. The smallest absolute Gasteiger partial charge is 0.303 e. The Labute approximate surface area is 269 Å². The third-order valence-electron chi connectivity index (χ3n) is 7.39. The zero-order valence-corrected chi connectivity index (χ0v) is 28.0. The number of halogens is 1. The zero-order chi connectivity index (χ0) is 33.1. The highest BCUT2D eigenvalue weighted by Gasteiger charge is 2.32. The molecule has 0 aromatic heterocycles. The van der Waals surface area contributed by atoms with Gasteiger partial charge in [-0.3, -0.25) is 19.6 Å². The van der Waals surface area contributed by atoms with E-state index in [0.717, 1.165) is 29.7 Å². The van der Waals surface area contributed by atoms with Gasteiger partial charge in [0.15, 0.2) is 0 Å². The molecule has 5 unspecified atom stereocenters. The maximum atomic E-state index is 13.7. The number of carboxylic acids is 1. The lowest BCUT2D eigenvalue weighted by Gasteiger charge is -2.32. The SMILES string of the molecule is C=CC(/N=C/C(/C=C\CCl)=C/C)C(/C=C(\C)C(=O)NC(C1=CC=CCCC1OC)C(O)C(C)C)/N=C(\C)CCCCC(=O)O. The number of methoxy groups -OCH3 is 1. The van der Waals surface area contributed by atoms with Gasteiger partial charge in [-0.15, -0.1) is 18.2 Å². The predicted octanol–water partition coefficient (Wildman–Crippen LogP) is 6.57. The summed E-state index contributed by atoms with van der Waals surface area (Å²) in [6, 6.07) is -1.66. The van der Waals surface area contributed by atoms with Crippen molar-refractivity contribution in [3.05, 3.63) is 71.9 Å². The number of aliphatic hydroxyl groups excluding tert-OH is 1. The van der Waals surface area contributed by atoms with E-state index >= 15 is 0 Å². The van der Waals surface area contributed by atoms with E-state index in [-0.39, 0.29) is 24.3 Å². The molecule has 0 aromatic carbocycles. The molecule has 44 heavy (non-hydrogen) atoms. The predicted molar refractivity (Wildman–Crippen MR) is 183 cm³/mol. The molecule has 9 heteroatoms. The molecule has 0 aromatic rings. The number of hydrogen-bond donors (Lipinski definition) is 3. The second-order valence-electron chi connectivity index (χ2n) is 11.2. The van der Waals surface area contributed by atoms with Crippen molar-refractivity contribution < 1.29 is 24.5 Å². The zero-order valence-electron chi connectivity index (χ0n) is 27.2. The monoisotopic (exact) mass is 629 g/mol. The van der Waals surface area contributed by atoms with Crippen molar-refractivity contribution in [1.29, 1.82) is 0 Å². The molecule has 1 rings (SSSR count). The summed E-state index contributed by atoms with van der Waals surface area (Å²) < 4.78 is 5.74. The van der Waals surface area contributed by atoms with Crippen molar-refractivity contribution in [2.24, 2.45) is 15.9 Å². The van der Waals surface area contributed by atoms with Crippen LogP contribution in [0, 0.1) is 5.92 Å². The minimum absolute atomic E-state index is 0.107. The van der Waals surface area contributed by atoms with Crippen LogP contribution in [0.15, 0.2) is 81.9 Å². The van der Waals surface area contributed by atoms with Gasteiger partial charge in [-0.05, 0) is 76.0 Å². The van der Waals surface area contributed by atoms with Gasteiger partial charge < -0.3 is 20.3 Å². The number of aliphatic imine (C=N–C) groups is 2. The number of hydrogen-bond acceptors (Lipinski definition) is 6. The number of ether oxygens (including phenoxy) is 1. The van der Waals surface area contributed by atoms with Gasteiger partial charge in [-0.25, -0.2) is 0 Å². The van der Waals surface area contributed by atoms with Crippen LogP contribution >= 0.6 is 11.6 Å². The number of aliphatic hydroxyl groups is 1. The topological polar surface area (TPSA) is 121 Å². The van der Waals surface area contributed by atoms with Crippen LogP contribution in [-0.4, -0.2) is 77.3 Å². The van der Waals surface area contributed by atoms with E-state index in [1.807, 2.05) is 58.1 Å². The minimum atomic E-state index is -0.824. The summed E-state index contributed by atoms with van der Waals surface area (Å²) in [6.45, 7) is 13.3. The van der Waals surface area contributed by atoms with Crippen LogP contribution in [-0.2, 0) is 14.3 Å². The van der Waals surface area contributed by atoms with E-state index < -0.39 is 30.2 Å². The standard InChI is InChI=1S/C35H52ClN3O5/c1-8-27(17-15-21-36)23-37-29(9-2)30(38-26(6)16-13-14-20-32(40)41)22-25(5)35(43)39-33(34(42)24(3)4)28-18-11-10-12-19-31(28)44-7/h8-11,15,17-18,22-24,29-31,33-34,42H,2,12-14,16,19-21H2,1,3-7H3,(H,39,43)(H,40,41)/b17-15-,25-22+,27-8+,37-23+,38-26+. The van der Waals surface area contributed by atoms with Gasteiger partial charge >= 0.3 is 5.97 Å². The fraction of sp³-hybridized carbons (Fsp3) is 0.543.